The molecule has 0 aliphatic carbocycles. The van der Waals surface area contributed by atoms with Gasteiger partial charge in [0.1, 0.15) is 5.71 Å². The summed E-state index contributed by atoms with van der Waals surface area (Å²) in [7, 11) is 0. The van der Waals surface area contributed by atoms with Crippen LogP contribution in [0.15, 0.2) is 70.6 Å². The Morgan fingerprint density at radius 3 is 2.08 bits per heavy atom. The molecule has 2 aromatic carbocycles. The number of carbonyl (C=O) groups is 2. The van der Waals surface area contributed by atoms with Crippen molar-refractivity contribution in [1.29, 1.82) is 0 Å². The fourth-order valence-electron chi connectivity index (χ4n) is 3.17. The van der Waals surface area contributed by atoms with E-state index >= 15 is 0 Å². The van der Waals surface area contributed by atoms with E-state index in [0.717, 1.165) is 0 Å². The van der Waals surface area contributed by atoms with E-state index in [0.29, 0.717) is 11.1 Å². The molecule has 0 radical (unpaired) electrons. The molecule has 2 aliphatic heterocycles. The number of nitrogens with zero attached hydrogens (tertiary/aromatic N) is 2. The molecule has 0 saturated carbocycles. The number of ether oxygens (including phenoxy) is 2. The molecular formula is C20H16N2O4. The van der Waals surface area contributed by atoms with Gasteiger partial charge in [-0.3, -0.25) is 0 Å². The third kappa shape index (κ3) is 2.19. The molecular weight excluding hydrogens is 332 g/mol. The average molecular weight is 348 g/mol. The van der Waals surface area contributed by atoms with Crippen LogP contribution < -0.4 is 0 Å². The quantitative estimate of drug-likeness (QED) is 0.799. The third-order valence-electron chi connectivity index (χ3n) is 4.62. The first-order valence-corrected chi connectivity index (χ1v) is 8.19. The summed E-state index contributed by atoms with van der Waals surface area (Å²) in [4.78, 5) is 34.0. The van der Waals surface area contributed by atoms with Gasteiger partial charge in [0.05, 0.1) is 0 Å². The number of rotatable bonds is 3. The molecule has 0 aromatic heterocycles. The maximum Gasteiger partial charge on any atom is 0.354 e. The van der Waals surface area contributed by atoms with Gasteiger partial charge in [0.15, 0.2) is 0 Å². The average Bonchev–Trinajstić information content (AvgIpc) is 3.15. The molecule has 0 saturated heterocycles. The van der Waals surface area contributed by atoms with E-state index < -0.39 is 23.2 Å². The topological polar surface area (TPSA) is 77.3 Å². The van der Waals surface area contributed by atoms with E-state index in [4.69, 9.17) is 9.47 Å². The van der Waals surface area contributed by atoms with Gasteiger partial charge in [-0.1, -0.05) is 48.5 Å². The maximum absolute atomic E-state index is 12.9. The van der Waals surface area contributed by atoms with Crippen molar-refractivity contribution < 1.29 is 19.1 Å². The van der Waals surface area contributed by atoms with Crippen LogP contribution >= 0.6 is 0 Å². The van der Waals surface area contributed by atoms with Crippen LogP contribution in [-0.2, 0) is 24.8 Å². The molecule has 4 rings (SSSR count). The van der Waals surface area contributed by atoms with E-state index in [9.17, 15) is 9.59 Å². The molecule has 2 heterocycles. The molecule has 0 fully saturated rings. The number of carbonyl (C=O) groups excluding carboxylic acids is 2. The Hall–Kier alpha value is -3.28. The first-order chi connectivity index (χ1) is 12.5. The molecule has 0 spiro atoms. The number of cyclic esters (lactones) is 2. The molecule has 26 heavy (non-hydrogen) atoms. The standard InChI is InChI=1S/C20H16N2O4/c1-13-17(23)26-20(21-13,15-11-7-4-8-12-15)19(2)18(24)25-16(22-19)14-9-5-3-6-10-14/h3-12H,1-2H3. The molecule has 2 aliphatic rings. The summed E-state index contributed by atoms with van der Waals surface area (Å²) in [5.74, 6) is -1.01. The van der Waals surface area contributed by atoms with Gasteiger partial charge < -0.3 is 9.47 Å². The molecule has 6 heteroatoms. The van der Waals surface area contributed by atoms with Crippen LogP contribution in [0, 0.1) is 0 Å². The van der Waals surface area contributed by atoms with Gasteiger partial charge in [0.2, 0.25) is 11.4 Å². The van der Waals surface area contributed by atoms with Crippen LogP contribution in [0.2, 0.25) is 0 Å². The van der Waals surface area contributed by atoms with Gasteiger partial charge in [-0.15, -0.1) is 0 Å². The summed E-state index contributed by atoms with van der Waals surface area (Å²) in [6.45, 7) is 3.13. The Labute approximate surface area is 150 Å². The van der Waals surface area contributed by atoms with Crippen molar-refractivity contribution in [3.8, 4) is 0 Å². The molecule has 130 valence electrons. The Kier molecular flexibility index (Phi) is 3.50. The zero-order chi connectivity index (χ0) is 18.4. The summed E-state index contributed by atoms with van der Waals surface area (Å²) >= 11 is 0. The highest BCUT2D eigenvalue weighted by atomic mass is 16.6. The minimum absolute atomic E-state index is 0.184. The van der Waals surface area contributed by atoms with Crippen molar-refractivity contribution in [2.45, 2.75) is 25.1 Å². The highest BCUT2D eigenvalue weighted by Crippen LogP contribution is 2.47. The predicted octanol–water partition coefficient (Wildman–Crippen LogP) is 2.62. The third-order valence-corrected chi connectivity index (χ3v) is 4.62. The van der Waals surface area contributed by atoms with Crippen molar-refractivity contribution in [2.24, 2.45) is 9.98 Å². The Balaban J connectivity index is 1.90. The molecule has 6 nitrogen and oxygen atoms in total. The minimum atomic E-state index is -1.59. The normalized spacial score (nSPS) is 27.6. The van der Waals surface area contributed by atoms with Crippen molar-refractivity contribution in [3.05, 3.63) is 71.8 Å². The van der Waals surface area contributed by atoms with E-state index in [1.165, 1.54) is 0 Å². The van der Waals surface area contributed by atoms with Gasteiger partial charge in [-0.05, 0) is 26.0 Å². The monoisotopic (exact) mass is 348 g/mol. The maximum atomic E-state index is 12.9. The molecule has 2 atom stereocenters. The highest BCUT2D eigenvalue weighted by Gasteiger charge is 2.64. The SMILES string of the molecule is CC1=NC(c2ccccc2)(C2(C)N=C(c3ccccc3)OC2=O)OC1=O. The van der Waals surface area contributed by atoms with Crippen LogP contribution in [0.1, 0.15) is 25.0 Å². The highest BCUT2D eigenvalue weighted by molar-refractivity contribution is 6.37. The van der Waals surface area contributed by atoms with Crippen molar-refractivity contribution >= 4 is 23.5 Å². The second kappa shape index (κ2) is 5.62. The van der Waals surface area contributed by atoms with E-state index in [2.05, 4.69) is 9.98 Å². The van der Waals surface area contributed by atoms with E-state index in [1.807, 2.05) is 24.3 Å². The van der Waals surface area contributed by atoms with Gasteiger partial charge in [0, 0.05) is 11.1 Å². The summed E-state index contributed by atoms with van der Waals surface area (Å²) in [6.07, 6.45) is 0. The van der Waals surface area contributed by atoms with Crippen molar-refractivity contribution in [3.63, 3.8) is 0 Å². The number of esters is 2. The summed E-state index contributed by atoms with van der Waals surface area (Å²) in [6, 6.07) is 18.0. The van der Waals surface area contributed by atoms with Gasteiger partial charge >= 0.3 is 11.9 Å². The smallest absolute Gasteiger partial charge is 0.354 e. The molecule has 0 bridgehead atoms. The van der Waals surface area contributed by atoms with Crippen LogP contribution in [0.3, 0.4) is 0 Å². The molecule has 0 N–H and O–H groups in total. The lowest BCUT2D eigenvalue weighted by molar-refractivity contribution is -0.163. The predicted molar refractivity (Wildman–Crippen MR) is 94.8 cm³/mol. The Morgan fingerprint density at radius 1 is 0.885 bits per heavy atom. The summed E-state index contributed by atoms with van der Waals surface area (Å²) < 4.78 is 11.1. The van der Waals surface area contributed by atoms with E-state index in [-0.39, 0.29) is 11.6 Å². The van der Waals surface area contributed by atoms with Gasteiger partial charge in [0.25, 0.3) is 5.72 Å². The molecule has 2 aromatic rings. The van der Waals surface area contributed by atoms with Crippen molar-refractivity contribution in [2.75, 3.05) is 0 Å². The number of hydrogen-bond acceptors (Lipinski definition) is 6. The second-order valence-corrected chi connectivity index (χ2v) is 6.34. The van der Waals surface area contributed by atoms with Gasteiger partial charge in [-0.2, -0.15) is 0 Å². The first-order valence-electron chi connectivity index (χ1n) is 8.19. The van der Waals surface area contributed by atoms with Crippen LogP contribution in [0.25, 0.3) is 0 Å². The zero-order valence-electron chi connectivity index (χ0n) is 14.3. The first kappa shape index (κ1) is 16.2. The Bertz CT molecular complexity index is 952. The molecule has 0 amide bonds. The lowest BCUT2D eigenvalue weighted by atomic mass is 9.84. The fraction of sp³-hybridized carbons (Fsp3) is 0.200. The molecule has 2 unspecified atom stereocenters. The summed E-state index contributed by atoms with van der Waals surface area (Å²) in [5.41, 5.74) is -1.72. The summed E-state index contributed by atoms with van der Waals surface area (Å²) in [5, 5.41) is 0. The minimum Gasteiger partial charge on any atom is -0.425 e. The fourth-order valence-corrected chi connectivity index (χ4v) is 3.17. The van der Waals surface area contributed by atoms with Crippen molar-refractivity contribution in [1.82, 2.24) is 0 Å². The number of hydrogen-bond donors (Lipinski definition) is 0. The number of aliphatic imine (C=N–C) groups is 2. The largest absolute Gasteiger partial charge is 0.425 e. The van der Waals surface area contributed by atoms with Crippen LogP contribution in [0.4, 0.5) is 0 Å². The van der Waals surface area contributed by atoms with Crippen LogP contribution in [-0.4, -0.2) is 29.1 Å². The second-order valence-electron chi connectivity index (χ2n) is 6.34. The van der Waals surface area contributed by atoms with Gasteiger partial charge in [-0.25, -0.2) is 19.6 Å². The zero-order valence-corrected chi connectivity index (χ0v) is 14.3. The lowest BCUT2D eigenvalue weighted by Gasteiger charge is -2.34. The Morgan fingerprint density at radius 2 is 1.50 bits per heavy atom. The number of benzene rings is 2. The van der Waals surface area contributed by atoms with E-state index in [1.54, 1.807) is 50.2 Å². The lowest BCUT2D eigenvalue weighted by Crippen LogP contribution is -2.51. The van der Waals surface area contributed by atoms with Crippen LogP contribution in [0.5, 0.6) is 0 Å².